The number of aliphatic hydroxyl groups is 1. The Morgan fingerprint density at radius 2 is 2.00 bits per heavy atom. The Bertz CT molecular complexity index is 694. The molecule has 6 nitrogen and oxygen atoms in total. The van der Waals surface area contributed by atoms with Crippen molar-refractivity contribution in [3.63, 3.8) is 0 Å². The lowest BCUT2D eigenvalue weighted by molar-refractivity contribution is -0.139. The highest BCUT2D eigenvalue weighted by atomic mass is 35.5. The van der Waals surface area contributed by atoms with E-state index in [1.807, 2.05) is 19.1 Å². The summed E-state index contributed by atoms with van der Waals surface area (Å²) in [6, 6.07) is 12.6. The number of aromatic nitrogens is 1. The number of nitrogens with one attached hydrogen (secondary N) is 1. The molecule has 134 valence electrons. The molecule has 3 N–H and O–H groups in total. The van der Waals surface area contributed by atoms with Crippen LogP contribution in [0.25, 0.3) is 0 Å². The first-order valence-corrected chi connectivity index (χ1v) is 8.29. The maximum Gasteiger partial charge on any atom is 0.341 e. The molecule has 0 bridgehead atoms. The third kappa shape index (κ3) is 6.70. The van der Waals surface area contributed by atoms with Crippen molar-refractivity contribution in [2.75, 3.05) is 13.2 Å². The normalized spacial score (nSPS) is 13.2. The van der Waals surface area contributed by atoms with Crippen molar-refractivity contribution in [2.45, 2.75) is 25.5 Å². The Hall–Kier alpha value is -2.15. The van der Waals surface area contributed by atoms with E-state index in [0.717, 1.165) is 12.0 Å². The van der Waals surface area contributed by atoms with E-state index in [4.69, 9.17) is 21.4 Å². The van der Waals surface area contributed by atoms with Gasteiger partial charge in [-0.2, -0.15) is 0 Å². The molecule has 2 rings (SSSR count). The molecule has 0 saturated heterocycles. The van der Waals surface area contributed by atoms with E-state index in [1.54, 1.807) is 30.3 Å². The Morgan fingerprint density at radius 3 is 2.64 bits per heavy atom. The Labute approximate surface area is 151 Å². The molecule has 2 unspecified atom stereocenters. The van der Waals surface area contributed by atoms with Crippen LogP contribution in [-0.4, -0.2) is 40.4 Å². The molecule has 0 aliphatic rings. The number of ether oxygens (including phenoxy) is 1. The first-order valence-electron chi connectivity index (χ1n) is 7.91. The molecule has 0 aliphatic heterocycles. The third-order valence-corrected chi connectivity index (χ3v) is 3.78. The largest absolute Gasteiger partial charge is 0.482 e. The van der Waals surface area contributed by atoms with Crippen LogP contribution in [0.5, 0.6) is 5.75 Å². The van der Waals surface area contributed by atoms with Crippen LogP contribution in [0, 0.1) is 0 Å². The van der Waals surface area contributed by atoms with E-state index in [1.165, 1.54) is 0 Å². The fourth-order valence-electron chi connectivity index (χ4n) is 2.32. The molecule has 0 aliphatic carbocycles. The summed E-state index contributed by atoms with van der Waals surface area (Å²) < 4.78 is 5.10. The van der Waals surface area contributed by atoms with Gasteiger partial charge in [0.25, 0.3) is 0 Å². The number of benzene rings is 1. The molecule has 0 saturated carbocycles. The average Bonchev–Trinajstić information content (AvgIpc) is 2.59. The lowest BCUT2D eigenvalue weighted by Gasteiger charge is -2.17. The molecule has 2 atom stereocenters. The fourth-order valence-corrected chi connectivity index (χ4v) is 2.49. The highest BCUT2D eigenvalue weighted by Gasteiger charge is 2.11. The first-order chi connectivity index (χ1) is 11.9. The molecule has 25 heavy (non-hydrogen) atoms. The lowest BCUT2D eigenvalue weighted by atomic mass is 10.1. The summed E-state index contributed by atoms with van der Waals surface area (Å²) in [4.78, 5) is 14.6. The Balaban J connectivity index is 1.79. The number of carboxylic acid groups (broad SMARTS) is 1. The van der Waals surface area contributed by atoms with E-state index in [9.17, 15) is 9.90 Å². The second-order valence-corrected chi connectivity index (χ2v) is 6.13. The number of carbonyl (C=O) groups is 1. The van der Waals surface area contributed by atoms with Gasteiger partial charge in [-0.05, 0) is 43.2 Å². The minimum Gasteiger partial charge on any atom is -0.482 e. The van der Waals surface area contributed by atoms with Gasteiger partial charge in [-0.1, -0.05) is 29.8 Å². The molecule has 1 aromatic carbocycles. The summed E-state index contributed by atoms with van der Waals surface area (Å²) in [7, 11) is 0. The number of nitrogens with zero attached hydrogens (tertiary/aromatic N) is 1. The number of aliphatic hydroxyl groups excluding tert-OH is 1. The van der Waals surface area contributed by atoms with Crippen molar-refractivity contribution < 1.29 is 19.7 Å². The summed E-state index contributed by atoms with van der Waals surface area (Å²) in [5.41, 5.74) is 1.62. The van der Waals surface area contributed by atoms with Crippen LogP contribution in [0.3, 0.4) is 0 Å². The van der Waals surface area contributed by atoms with E-state index in [2.05, 4.69) is 10.3 Å². The number of carboxylic acids is 1. The van der Waals surface area contributed by atoms with Crippen molar-refractivity contribution in [1.29, 1.82) is 0 Å². The van der Waals surface area contributed by atoms with Gasteiger partial charge in [-0.25, -0.2) is 9.78 Å². The van der Waals surface area contributed by atoms with E-state index in [-0.39, 0.29) is 12.6 Å². The summed E-state index contributed by atoms with van der Waals surface area (Å²) in [6.07, 6.45) is 0.0301. The SMILES string of the molecule is CC(Cc1ccc(OCC(=O)O)cc1)NCC(O)c1cccc(Cl)n1. The molecule has 1 heterocycles. The van der Waals surface area contributed by atoms with Crippen LogP contribution >= 0.6 is 11.6 Å². The minimum atomic E-state index is -1.00. The molecule has 0 fully saturated rings. The van der Waals surface area contributed by atoms with Crippen LogP contribution in [-0.2, 0) is 11.2 Å². The van der Waals surface area contributed by atoms with Gasteiger partial charge in [-0.3, -0.25) is 0 Å². The number of hydrogen-bond acceptors (Lipinski definition) is 5. The van der Waals surface area contributed by atoms with Gasteiger partial charge < -0.3 is 20.3 Å². The number of rotatable bonds is 9. The second-order valence-electron chi connectivity index (χ2n) is 5.74. The van der Waals surface area contributed by atoms with Gasteiger partial charge in [0, 0.05) is 12.6 Å². The van der Waals surface area contributed by atoms with Crippen LogP contribution in [0.4, 0.5) is 0 Å². The number of pyridine rings is 1. The van der Waals surface area contributed by atoms with Crippen molar-refractivity contribution in [1.82, 2.24) is 10.3 Å². The number of hydrogen-bond donors (Lipinski definition) is 3. The van der Waals surface area contributed by atoms with Gasteiger partial charge in [-0.15, -0.1) is 0 Å². The van der Waals surface area contributed by atoms with Crippen molar-refractivity contribution in [2.24, 2.45) is 0 Å². The zero-order chi connectivity index (χ0) is 18.2. The highest BCUT2D eigenvalue weighted by Crippen LogP contribution is 2.15. The van der Waals surface area contributed by atoms with Crippen molar-refractivity contribution >= 4 is 17.6 Å². The minimum absolute atomic E-state index is 0.139. The Kier molecular flexibility index (Phi) is 7.18. The molecule has 1 aromatic heterocycles. The summed E-state index contributed by atoms with van der Waals surface area (Å²) in [5.74, 6) is -0.483. The quantitative estimate of drug-likeness (QED) is 0.592. The molecule has 2 aromatic rings. The highest BCUT2D eigenvalue weighted by molar-refractivity contribution is 6.29. The predicted octanol–water partition coefficient (Wildman–Crippen LogP) is 2.45. The number of aliphatic carboxylic acids is 1. The summed E-state index contributed by atoms with van der Waals surface area (Å²) >= 11 is 5.83. The standard InChI is InChI=1S/C18H21ClN2O4/c1-12(20-10-16(22)15-3-2-4-17(19)21-15)9-13-5-7-14(8-6-13)25-11-18(23)24/h2-8,12,16,20,22H,9-11H2,1H3,(H,23,24). The monoisotopic (exact) mass is 364 g/mol. The lowest BCUT2D eigenvalue weighted by Crippen LogP contribution is -2.32. The van der Waals surface area contributed by atoms with Crippen LogP contribution in [0.15, 0.2) is 42.5 Å². The van der Waals surface area contributed by atoms with Crippen LogP contribution in [0.1, 0.15) is 24.3 Å². The zero-order valence-electron chi connectivity index (χ0n) is 13.9. The smallest absolute Gasteiger partial charge is 0.341 e. The van der Waals surface area contributed by atoms with Gasteiger partial charge in [0.1, 0.15) is 17.0 Å². The molecule has 0 radical (unpaired) electrons. The molecule has 7 heteroatoms. The first kappa shape index (κ1) is 19.2. The predicted molar refractivity (Wildman–Crippen MR) is 94.9 cm³/mol. The average molecular weight is 365 g/mol. The third-order valence-electron chi connectivity index (χ3n) is 3.57. The molecular formula is C18H21ClN2O4. The molecule has 0 amide bonds. The maximum absolute atomic E-state index is 10.5. The van der Waals surface area contributed by atoms with Gasteiger partial charge >= 0.3 is 5.97 Å². The van der Waals surface area contributed by atoms with Crippen LogP contribution < -0.4 is 10.1 Å². The van der Waals surface area contributed by atoms with Crippen molar-refractivity contribution in [3.8, 4) is 5.75 Å². The number of halogens is 1. The van der Waals surface area contributed by atoms with E-state index in [0.29, 0.717) is 23.1 Å². The molecular weight excluding hydrogens is 344 g/mol. The van der Waals surface area contributed by atoms with E-state index >= 15 is 0 Å². The maximum atomic E-state index is 10.5. The van der Waals surface area contributed by atoms with Gasteiger partial charge in [0.05, 0.1) is 5.69 Å². The van der Waals surface area contributed by atoms with Crippen LogP contribution in [0.2, 0.25) is 5.15 Å². The fraction of sp³-hybridized carbons (Fsp3) is 0.333. The van der Waals surface area contributed by atoms with Gasteiger partial charge in [0.15, 0.2) is 6.61 Å². The summed E-state index contributed by atoms with van der Waals surface area (Å²) in [5, 5.41) is 22.4. The van der Waals surface area contributed by atoms with Gasteiger partial charge in [0.2, 0.25) is 0 Å². The Morgan fingerprint density at radius 1 is 1.28 bits per heavy atom. The molecule has 0 spiro atoms. The van der Waals surface area contributed by atoms with Crippen molar-refractivity contribution in [3.05, 3.63) is 58.9 Å². The second kappa shape index (κ2) is 9.36. The topological polar surface area (TPSA) is 91.7 Å². The van der Waals surface area contributed by atoms with E-state index < -0.39 is 12.1 Å². The zero-order valence-corrected chi connectivity index (χ0v) is 14.6. The summed E-state index contributed by atoms with van der Waals surface area (Å²) in [6.45, 7) is 2.04.